The number of halogens is 6. The van der Waals surface area contributed by atoms with E-state index in [2.05, 4.69) is 9.82 Å². The van der Waals surface area contributed by atoms with Gasteiger partial charge in [-0.3, -0.25) is 5.01 Å². The molecule has 1 unspecified atom stereocenters. The maximum absolute atomic E-state index is 14.0. The van der Waals surface area contributed by atoms with Gasteiger partial charge in [0.15, 0.2) is 17.5 Å². The number of benzene rings is 3. The predicted octanol–water partition coefficient (Wildman–Crippen LogP) is 6.35. The van der Waals surface area contributed by atoms with Crippen LogP contribution in [-0.2, 0) is 10.0 Å². The summed E-state index contributed by atoms with van der Waals surface area (Å²) in [6, 6.07) is 12.8. The standard InChI is InChI=1S/C22H15Cl3F3N3O2S/c23-13-3-1-12(2-4-13)19-10-15(30-31(19)18-7-5-14(24)9-16(18)25)11-29-34(32,33)20-8-6-17(26)21(27)22(20)28/h1-9,19,29H,10-11H2. The molecule has 1 N–H and O–H groups in total. The second-order valence-electron chi connectivity index (χ2n) is 7.38. The number of nitrogens with one attached hydrogen (secondary N) is 1. The van der Waals surface area contributed by atoms with Gasteiger partial charge in [0.05, 0.1) is 29.0 Å². The summed E-state index contributed by atoms with van der Waals surface area (Å²) in [5.74, 6) is -5.15. The van der Waals surface area contributed by atoms with Crippen LogP contribution in [-0.4, -0.2) is 20.7 Å². The number of nitrogens with zero attached hydrogens (tertiary/aromatic N) is 2. The van der Waals surface area contributed by atoms with Crippen LogP contribution < -0.4 is 9.73 Å². The molecule has 0 saturated heterocycles. The number of hydrazone groups is 1. The smallest absolute Gasteiger partial charge is 0.243 e. The fraction of sp³-hybridized carbons (Fsp3) is 0.136. The van der Waals surface area contributed by atoms with Gasteiger partial charge in [-0.15, -0.1) is 0 Å². The van der Waals surface area contributed by atoms with Gasteiger partial charge >= 0.3 is 0 Å². The molecule has 0 amide bonds. The lowest BCUT2D eigenvalue weighted by atomic mass is 10.0. The Kier molecular flexibility index (Phi) is 7.12. The van der Waals surface area contributed by atoms with Crippen molar-refractivity contribution in [2.24, 2.45) is 5.10 Å². The van der Waals surface area contributed by atoms with E-state index in [1.54, 1.807) is 35.3 Å². The summed E-state index contributed by atoms with van der Waals surface area (Å²) in [5, 5.41) is 7.45. The van der Waals surface area contributed by atoms with E-state index < -0.39 is 32.4 Å². The lowest BCUT2D eigenvalue weighted by Gasteiger charge is -2.25. The fourth-order valence-electron chi connectivity index (χ4n) is 3.48. The molecule has 1 atom stereocenters. The Hall–Kier alpha value is -2.30. The van der Waals surface area contributed by atoms with E-state index in [0.717, 1.165) is 5.56 Å². The van der Waals surface area contributed by atoms with Crippen molar-refractivity contribution in [3.63, 3.8) is 0 Å². The van der Waals surface area contributed by atoms with Gasteiger partial charge < -0.3 is 0 Å². The molecule has 0 fully saturated rings. The summed E-state index contributed by atoms with van der Waals surface area (Å²) in [6.07, 6.45) is 0.295. The normalized spacial score (nSPS) is 16.1. The lowest BCUT2D eigenvalue weighted by Crippen LogP contribution is -2.30. The maximum atomic E-state index is 14.0. The molecule has 3 aromatic rings. The van der Waals surface area contributed by atoms with Crippen LogP contribution >= 0.6 is 34.8 Å². The largest absolute Gasteiger partial charge is 0.256 e. The lowest BCUT2D eigenvalue weighted by molar-refractivity contribution is 0.432. The first-order valence-corrected chi connectivity index (χ1v) is 12.4. The average Bonchev–Trinajstić information content (AvgIpc) is 3.20. The van der Waals surface area contributed by atoms with Gasteiger partial charge in [0, 0.05) is 16.5 Å². The summed E-state index contributed by atoms with van der Waals surface area (Å²) >= 11 is 18.4. The number of rotatable bonds is 6. The first-order valence-electron chi connectivity index (χ1n) is 9.76. The van der Waals surface area contributed by atoms with Crippen molar-refractivity contribution in [2.75, 3.05) is 11.6 Å². The Morgan fingerprint density at radius 1 is 0.941 bits per heavy atom. The minimum Gasteiger partial charge on any atom is -0.256 e. The first kappa shape index (κ1) is 24.8. The third-order valence-corrected chi connectivity index (χ3v) is 7.35. The van der Waals surface area contributed by atoms with Crippen LogP contribution in [0, 0.1) is 17.5 Å². The molecule has 178 valence electrons. The SMILES string of the molecule is O=S(=O)(NCC1=NN(c2ccc(Cl)cc2Cl)C(c2ccc(Cl)cc2)C1)c1ccc(F)c(F)c1F. The molecular weight excluding hydrogens is 534 g/mol. The maximum Gasteiger partial charge on any atom is 0.243 e. The summed E-state index contributed by atoms with van der Waals surface area (Å²) < 4.78 is 68.0. The van der Waals surface area contributed by atoms with Crippen molar-refractivity contribution in [3.05, 3.63) is 92.7 Å². The Bertz CT molecular complexity index is 1390. The third kappa shape index (κ3) is 5.04. The fourth-order valence-corrected chi connectivity index (χ4v) is 5.19. The van der Waals surface area contributed by atoms with Crippen molar-refractivity contribution < 1.29 is 21.6 Å². The van der Waals surface area contributed by atoms with Gasteiger partial charge in [0.2, 0.25) is 10.0 Å². The number of anilines is 1. The van der Waals surface area contributed by atoms with E-state index in [1.165, 1.54) is 0 Å². The topological polar surface area (TPSA) is 61.8 Å². The number of hydrogen-bond acceptors (Lipinski definition) is 4. The second-order valence-corrected chi connectivity index (χ2v) is 10.4. The van der Waals surface area contributed by atoms with E-state index in [1.807, 2.05) is 12.1 Å². The molecule has 4 rings (SSSR count). The quantitative estimate of drug-likeness (QED) is 0.365. The zero-order valence-electron chi connectivity index (χ0n) is 17.1. The molecule has 0 bridgehead atoms. The summed E-state index contributed by atoms with van der Waals surface area (Å²) in [6.45, 7) is -0.299. The van der Waals surface area contributed by atoms with Gasteiger partial charge in [0.25, 0.3) is 0 Å². The minimum atomic E-state index is -4.49. The van der Waals surface area contributed by atoms with E-state index >= 15 is 0 Å². The Labute approximate surface area is 208 Å². The molecular formula is C22H15Cl3F3N3O2S. The molecule has 1 heterocycles. The van der Waals surface area contributed by atoms with Crippen molar-refractivity contribution in [1.82, 2.24) is 4.72 Å². The molecule has 0 radical (unpaired) electrons. The van der Waals surface area contributed by atoms with Crippen LogP contribution in [0.25, 0.3) is 0 Å². The Balaban J connectivity index is 1.63. The molecule has 5 nitrogen and oxygen atoms in total. The highest BCUT2D eigenvalue weighted by Crippen LogP contribution is 2.39. The van der Waals surface area contributed by atoms with Crippen LogP contribution in [0.3, 0.4) is 0 Å². The van der Waals surface area contributed by atoms with Crippen LogP contribution in [0.1, 0.15) is 18.0 Å². The van der Waals surface area contributed by atoms with E-state index in [0.29, 0.717) is 45.0 Å². The van der Waals surface area contributed by atoms with E-state index in [-0.39, 0.29) is 12.6 Å². The molecule has 1 aliphatic heterocycles. The number of hydrogen-bond donors (Lipinski definition) is 1. The molecule has 0 aliphatic carbocycles. The highest BCUT2D eigenvalue weighted by molar-refractivity contribution is 7.89. The van der Waals surface area contributed by atoms with Crippen molar-refractivity contribution in [1.29, 1.82) is 0 Å². The van der Waals surface area contributed by atoms with E-state index in [4.69, 9.17) is 34.8 Å². The third-order valence-electron chi connectivity index (χ3n) is 5.14. The van der Waals surface area contributed by atoms with Crippen molar-refractivity contribution in [2.45, 2.75) is 17.4 Å². The van der Waals surface area contributed by atoms with E-state index in [9.17, 15) is 21.6 Å². The van der Waals surface area contributed by atoms with Gasteiger partial charge in [0.1, 0.15) is 4.90 Å². The summed E-state index contributed by atoms with van der Waals surface area (Å²) in [4.78, 5) is -1.00. The highest BCUT2D eigenvalue weighted by Gasteiger charge is 2.32. The Morgan fingerprint density at radius 2 is 1.62 bits per heavy atom. The Morgan fingerprint density at radius 3 is 2.29 bits per heavy atom. The van der Waals surface area contributed by atoms with Crippen LogP contribution in [0.15, 0.2) is 64.6 Å². The number of sulfonamides is 1. The molecule has 12 heteroatoms. The molecule has 34 heavy (non-hydrogen) atoms. The predicted molar refractivity (Wildman–Crippen MR) is 127 cm³/mol. The van der Waals surface area contributed by atoms with Gasteiger partial charge in [-0.05, 0) is 48.0 Å². The monoisotopic (exact) mass is 547 g/mol. The average molecular weight is 549 g/mol. The zero-order chi connectivity index (χ0) is 24.6. The molecule has 1 aliphatic rings. The minimum absolute atomic E-state index is 0.295. The molecule has 0 aromatic heterocycles. The molecule has 0 saturated carbocycles. The summed E-state index contributed by atoms with van der Waals surface area (Å²) in [7, 11) is -4.49. The van der Waals surface area contributed by atoms with Crippen LogP contribution in [0.4, 0.5) is 18.9 Å². The molecule has 3 aromatic carbocycles. The first-order chi connectivity index (χ1) is 16.1. The van der Waals surface area contributed by atoms with Crippen LogP contribution in [0.5, 0.6) is 0 Å². The second kappa shape index (κ2) is 9.75. The van der Waals surface area contributed by atoms with Gasteiger partial charge in [-0.1, -0.05) is 46.9 Å². The van der Waals surface area contributed by atoms with Crippen molar-refractivity contribution >= 4 is 56.2 Å². The van der Waals surface area contributed by atoms with Crippen molar-refractivity contribution in [3.8, 4) is 0 Å². The summed E-state index contributed by atoms with van der Waals surface area (Å²) in [5.41, 5.74) is 1.77. The zero-order valence-corrected chi connectivity index (χ0v) is 20.2. The molecule has 0 spiro atoms. The highest BCUT2D eigenvalue weighted by atomic mass is 35.5. The van der Waals surface area contributed by atoms with Gasteiger partial charge in [-0.2, -0.15) is 5.10 Å². The van der Waals surface area contributed by atoms with Gasteiger partial charge in [-0.25, -0.2) is 26.3 Å². The van der Waals surface area contributed by atoms with Crippen LogP contribution in [0.2, 0.25) is 15.1 Å².